The van der Waals surface area contributed by atoms with Crippen LogP contribution in [0.15, 0.2) is 255 Å². The van der Waals surface area contributed by atoms with E-state index in [4.69, 9.17) is 9.47 Å². The molecule has 11 aromatic rings. The standard InChI is InChI=1S/C64H42B2N4O2S/c1-7-23-43(24-8-1)67(44-25-9-2-10-26-44)49-39-55-59-57(41-49)71-61-62-64(73-63(61)65(59)51-35-19-21-37-53(51)69(55)47-31-15-5-16-32-47)66-52-36-20-22-38-54(52)70(48-33-17-6-18-34-48)56-40-50(42-58(72-62)60(56)66)68(45-27-11-3-12-28-45)46-29-13-4-14-30-46/h1-42H. The normalized spacial score (nSPS) is 13.0. The second-order valence-corrected chi connectivity index (χ2v) is 19.9. The molecular formula is C64H42B2N4O2S. The van der Waals surface area contributed by atoms with Gasteiger partial charge in [-0.1, -0.05) is 146 Å². The lowest BCUT2D eigenvalue weighted by Gasteiger charge is -2.40. The van der Waals surface area contributed by atoms with Crippen LogP contribution < -0.4 is 60.5 Å². The van der Waals surface area contributed by atoms with Crippen molar-refractivity contribution in [3.8, 4) is 23.0 Å². The van der Waals surface area contributed by atoms with E-state index in [9.17, 15) is 0 Å². The predicted octanol–water partition coefficient (Wildman–Crippen LogP) is 13.5. The number of rotatable bonds is 8. The average molecular weight is 953 g/mol. The third kappa shape index (κ3) is 6.52. The lowest BCUT2D eigenvalue weighted by molar-refractivity contribution is 0.427. The first-order chi connectivity index (χ1) is 36.2. The number of thiophene rings is 1. The van der Waals surface area contributed by atoms with Crippen molar-refractivity contribution in [2.24, 2.45) is 0 Å². The van der Waals surface area contributed by atoms with Crippen molar-refractivity contribution < 1.29 is 9.47 Å². The molecule has 15 rings (SSSR count). The van der Waals surface area contributed by atoms with Gasteiger partial charge in [-0.2, -0.15) is 11.3 Å². The van der Waals surface area contributed by atoms with E-state index in [2.05, 4.69) is 274 Å². The zero-order valence-electron chi connectivity index (χ0n) is 39.4. The molecule has 0 fully saturated rings. The molecule has 1 aromatic heterocycles. The zero-order valence-corrected chi connectivity index (χ0v) is 40.2. The molecule has 0 saturated carbocycles. The van der Waals surface area contributed by atoms with Crippen molar-refractivity contribution in [3.63, 3.8) is 0 Å². The van der Waals surface area contributed by atoms with E-state index in [0.29, 0.717) is 0 Å². The molecule has 0 unspecified atom stereocenters. The predicted molar refractivity (Wildman–Crippen MR) is 305 cm³/mol. The molecule has 0 N–H and O–H groups in total. The maximum absolute atomic E-state index is 7.59. The van der Waals surface area contributed by atoms with Crippen molar-refractivity contribution in [2.75, 3.05) is 19.6 Å². The molecular weight excluding hydrogens is 910 g/mol. The van der Waals surface area contributed by atoms with Gasteiger partial charge in [0.25, 0.3) is 13.4 Å². The number of nitrogens with zero attached hydrogens (tertiary/aromatic N) is 4. The lowest BCUT2D eigenvalue weighted by Crippen LogP contribution is -2.59. The van der Waals surface area contributed by atoms with E-state index in [1.54, 1.807) is 0 Å². The molecule has 5 heterocycles. The molecule has 10 aromatic carbocycles. The number of fused-ring (bicyclic) bond motifs is 9. The van der Waals surface area contributed by atoms with Crippen molar-refractivity contribution >= 4 is 124 Å². The smallest absolute Gasteiger partial charge is 0.269 e. The summed E-state index contributed by atoms with van der Waals surface area (Å²) in [4.78, 5) is 9.50. The maximum atomic E-state index is 7.59. The highest BCUT2D eigenvalue weighted by Gasteiger charge is 2.50. The molecule has 6 nitrogen and oxygen atoms in total. The van der Waals surface area contributed by atoms with E-state index in [0.717, 1.165) is 112 Å². The third-order valence-corrected chi connectivity index (χ3v) is 16.0. The van der Waals surface area contributed by atoms with Crippen LogP contribution in [0.5, 0.6) is 23.0 Å². The number of hydrogen-bond donors (Lipinski definition) is 0. The van der Waals surface area contributed by atoms with Gasteiger partial charge >= 0.3 is 0 Å². The van der Waals surface area contributed by atoms with Crippen LogP contribution in [0.4, 0.5) is 68.2 Å². The van der Waals surface area contributed by atoms with Gasteiger partial charge in [-0.3, -0.25) is 0 Å². The van der Waals surface area contributed by atoms with Crippen LogP contribution in [0.2, 0.25) is 0 Å². The molecule has 0 amide bonds. The van der Waals surface area contributed by atoms with Gasteiger partial charge in [0, 0.05) is 78.6 Å². The minimum atomic E-state index is -0.135. The van der Waals surface area contributed by atoms with Gasteiger partial charge in [-0.15, -0.1) is 0 Å². The van der Waals surface area contributed by atoms with Crippen molar-refractivity contribution in [3.05, 3.63) is 255 Å². The first-order valence-corrected chi connectivity index (χ1v) is 25.6. The summed E-state index contributed by atoms with van der Waals surface area (Å²) in [5.74, 6) is 3.16. The Balaban J connectivity index is 0.986. The number of anilines is 12. The lowest BCUT2D eigenvalue weighted by atomic mass is 9.36. The Hall–Kier alpha value is -9.17. The number of benzene rings is 10. The number of hydrogen-bond acceptors (Lipinski definition) is 7. The monoisotopic (exact) mass is 952 g/mol. The minimum absolute atomic E-state index is 0.135. The second kappa shape index (κ2) is 16.7. The van der Waals surface area contributed by atoms with E-state index >= 15 is 0 Å². The number of ether oxygens (including phenoxy) is 2. The Kier molecular flexibility index (Phi) is 9.53. The first kappa shape index (κ1) is 41.6. The van der Waals surface area contributed by atoms with Crippen molar-refractivity contribution in [1.29, 1.82) is 0 Å². The highest BCUT2D eigenvalue weighted by Crippen LogP contribution is 2.51. The Labute approximate surface area is 429 Å². The third-order valence-electron chi connectivity index (χ3n) is 14.7. The van der Waals surface area contributed by atoms with Gasteiger partial charge in [-0.25, -0.2) is 0 Å². The van der Waals surface area contributed by atoms with Gasteiger partial charge in [-0.05, 0) is 119 Å². The van der Waals surface area contributed by atoms with Gasteiger partial charge in [0.2, 0.25) is 0 Å². The fourth-order valence-corrected chi connectivity index (χ4v) is 13.1. The quantitative estimate of drug-likeness (QED) is 0.141. The molecule has 0 atom stereocenters. The van der Waals surface area contributed by atoms with E-state index in [1.165, 1.54) is 10.9 Å². The van der Waals surface area contributed by atoms with Crippen LogP contribution in [0, 0.1) is 0 Å². The van der Waals surface area contributed by atoms with Crippen molar-refractivity contribution in [2.45, 2.75) is 0 Å². The summed E-state index contributed by atoms with van der Waals surface area (Å²) in [5.41, 5.74) is 17.5. The highest BCUT2D eigenvalue weighted by atomic mass is 32.1. The molecule has 9 heteroatoms. The molecule has 4 aliphatic rings. The fourth-order valence-electron chi connectivity index (χ4n) is 11.7. The molecule has 0 saturated heterocycles. The van der Waals surface area contributed by atoms with E-state index in [1.807, 2.05) is 11.3 Å². The summed E-state index contributed by atoms with van der Waals surface area (Å²) >= 11 is 1.84. The Morgan fingerprint density at radius 1 is 0.315 bits per heavy atom. The maximum Gasteiger partial charge on any atom is 0.269 e. The Morgan fingerprint density at radius 2 is 0.630 bits per heavy atom. The van der Waals surface area contributed by atoms with Gasteiger partial charge in [0.15, 0.2) is 11.5 Å². The highest BCUT2D eigenvalue weighted by molar-refractivity contribution is 7.38. The van der Waals surface area contributed by atoms with Crippen LogP contribution in [-0.2, 0) is 0 Å². The topological polar surface area (TPSA) is 31.4 Å². The summed E-state index contributed by atoms with van der Waals surface area (Å²) in [5, 5.41) is 0. The fraction of sp³-hybridized carbons (Fsp3) is 0. The average Bonchev–Trinajstić information content (AvgIpc) is 3.82. The molecule has 4 aliphatic heterocycles. The molecule has 0 radical (unpaired) electrons. The van der Waals surface area contributed by atoms with Crippen LogP contribution >= 0.6 is 11.3 Å². The molecule has 73 heavy (non-hydrogen) atoms. The molecule has 0 aliphatic carbocycles. The molecule has 0 spiro atoms. The summed E-state index contributed by atoms with van der Waals surface area (Å²) in [7, 11) is 0. The first-order valence-electron chi connectivity index (χ1n) is 24.8. The Bertz CT molecular complexity index is 3570. The van der Waals surface area contributed by atoms with Crippen LogP contribution in [-0.4, -0.2) is 13.4 Å². The zero-order chi connectivity index (χ0) is 48.0. The SMILES string of the molecule is c1ccc(N(c2ccccc2)c2cc3c4c(c2)N(c2ccccc2)c2ccccc2B4c2sc4c(c2O3)Oc2cc(N(c3ccccc3)c3ccccc3)cc3c2B4c2ccccc2N3c2ccccc2)cc1. The molecule has 342 valence electrons. The molecule has 0 bridgehead atoms. The van der Waals surface area contributed by atoms with Crippen LogP contribution in [0.3, 0.4) is 0 Å². The summed E-state index contributed by atoms with van der Waals surface area (Å²) < 4.78 is 17.5. The summed E-state index contributed by atoms with van der Waals surface area (Å²) in [6.45, 7) is -0.269. The van der Waals surface area contributed by atoms with Crippen LogP contribution in [0.25, 0.3) is 0 Å². The second-order valence-electron chi connectivity index (χ2n) is 18.8. The van der Waals surface area contributed by atoms with E-state index < -0.39 is 0 Å². The van der Waals surface area contributed by atoms with Gasteiger partial charge in [0.1, 0.15) is 11.5 Å². The summed E-state index contributed by atoms with van der Waals surface area (Å²) in [6.07, 6.45) is 0. The van der Waals surface area contributed by atoms with Gasteiger partial charge < -0.3 is 29.1 Å². The minimum Gasteiger partial charge on any atom is -0.454 e. The largest absolute Gasteiger partial charge is 0.454 e. The van der Waals surface area contributed by atoms with Gasteiger partial charge in [0.05, 0.1) is 11.4 Å². The van der Waals surface area contributed by atoms with E-state index in [-0.39, 0.29) is 13.4 Å². The Morgan fingerprint density at radius 3 is 0.986 bits per heavy atom. The number of para-hydroxylation sites is 8. The van der Waals surface area contributed by atoms with Crippen LogP contribution in [0.1, 0.15) is 0 Å². The summed E-state index contributed by atoms with van der Waals surface area (Å²) in [6, 6.07) is 91.0. The van der Waals surface area contributed by atoms with Crippen molar-refractivity contribution in [1.82, 2.24) is 0 Å².